The predicted molar refractivity (Wildman–Crippen MR) is 146 cm³/mol. The number of carbonyl (C=O) groups excluding carboxylic acids is 2. The molecule has 0 bridgehead atoms. The lowest BCUT2D eigenvalue weighted by Crippen LogP contribution is -2.27. The van der Waals surface area contributed by atoms with Gasteiger partial charge < -0.3 is 14.5 Å². The summed E-state index contributed by atoms with van der Waals surface area (Å²) in [4.78, 5) is 37.5. The van der Waals surface area contributed by atoms with E-state index in [1.165, 1.54) is 0 Å². The van der Waals surface area contributed by atoms with Crippen LogP contribution in [0.3, 0.4) is 0 Å². The minimum absolute atomic E-state index is 0.0177. The highest BCUT2D eigenvalue weighted by Crippen LogP contribution is 2.30. The van der Waals surface area contributed by atoms with E-state index in [4.69, 9.17) is 9.84 Å². The zero-order valence-corrected chi connectivity index (χ0v) is 22.2. The molecule has 9 heteroatoms. The first-order chi connectivity index (χ1) is 18.2. The average Bonchev–Trinajstić information content (AvgIpc) is 3.46. The summed E-state index contributed by atoms with van der Waals surface area (Å²) >= 11 is 0. The zero-order chi connectivity index (χ0) is 26.9. The van der Waals surface area contributed by atoms with Crippen LogP contribution < -0.4 is 9.80 Å². The fourth-order valence-corrected chi connectivity index (χ4v) is 4.71. The highest BCUT2D eigenvalue weighted by molar-refractivity contribution is 5.96. The number of pyridine rings is 1. The maximum Gasteiger partial charge on any atom is 0.306 e. The van der Waals surface area contributed by atoms with Crippen LogP contribution in [0.5, 0.6) is 0 Å². The van der Waals surface area contributed by atoms with E-state index in [1.807, 2.05) is 87.1 Å². The number of amides is 1. The third kappa shape index (κ3) is 5.66. The number of imidazole rings is 1. The van der Waals surface area contributed by atoms with Crippen LogP contribution in [0.1, 0.15) is 39.2 Å². The summed E-state index contributed by atoms with van der Waals surface area (Å²) in [6.45, 7) is 6.73. The van der Waals surface area contributed by atoms with E-state index in [-0.39, 0.29) is 24.2 Å². The molecular weight excluding hydrogens is 480 g/mol. The van der Waals surface area contributed by atoms with E-state index < -0.39 is 5.60 Å². The van der Waals surface area contributed by atoms with Crippen molar-refractivity contribution in [2.24, 2.45) is 5.92 Å². The zero-order valence-electron chi connectivity index (χ0n) is 22.2. The second-order valence-corrected chi connectivity index (χ2v) is 10.7. The van der Waals surface area contributed by atoms with Crippen LogP contribution in [0.2, 0.25) is 0 Å². The third-order valence-corrected chi connectivity index (χ3v) is 6.44. The Balaban J connectivity index is 1.30. The van der Waals surface area contributed by atoms with Gasteiger partial charge in [0.1, 0.15) is 11.4 Å². The fourth-order valence-electron chi connectivity index (χ4n) is 4.71. The van der Waals surface area contributed by atoms with Crippen LogP contribution in [0, 0.1) is 5.92 Å². The number of fused-ring (bicyclic) bond motifs is 1. The van der Waals surface area contributed by atoms with E-state index in [1.54, 1.807) is 17.3 Å². The van der Waals surface area contributed by atoms with Crippen molar-refractivity contribution in [3.63, 3.8) is 0 Å². The van der Waals surface area contributed by atoms with Gasteiger partial charge in [0.15, 0.2) is 5.65 Å². The molecular formula is C29H32N6O3. The largest absolute Gasteiger partial charge is 0.460 e. The number of benzene rings is 1. The molecule has 1 atom stereocenters. The first kappa shape index (κ1) is 25.4. The average molecular weight is 513 g/mol. The molecule has 3 aromatic heterocycles. The van der Waals surface area contributed by atoms with E-state index in [0.717, 1.165) is 34.0 Å². The second kappa shape index (κ2) is 10.2. The van der Waals surface area contributed by atoms with Crippen molar-refractivity contribution >= 4 is 29.0 Å². The topological polar surface area (TPSA) is 92.9 Å². The second-order valence-electron chi connectivity index (χ2n) is 10.7. The molecule has 38 heavy (non-hydrogen) atoms. The quantitative estimate of drug-likeness (QED) is 0.336. The summed E-state index contributed by atoms with van der Waals surface area (Å²) in [5.41, 5.74) is 3.93. The van der Waals surface area contributed by atoms with Gasteiger partial charge in [-0.15, -0.1) is 5.10 Å². The first-order valence-corrected chi connectivity index (χ1v) is 12.7. The van der Waals surface area contributed by atoms with Crippen molar-refractivity contribution in [1.29, 1.82) is 0 Å². The molecule has 1 aliphatic heterocycles. The molecule has 1 aliphatic rings. The van der Waals surface area contributed by atoms with Crippen molar-refractivity contribution in [1.82, 2.24) is 19.6 Å². The molecule has 0 spiro atoms. The van der Waals surface area contributed by atoms with Gasteiger partial charge in [0.2, 0.25) is 5.91 Å². The maximum atomic E-state index is 12.7. The molecule has 1 amide bonds. The van der Waals surface area contributed by atoms with Crippen LogP contribution >= 0.6 is 0 Å². The Kier molecular flexibility index (Phi) is 6.84. The SMILES string of the molecule is CN(Cc1cccnc1)c1ccc2ncc(-c3ccc(N4C[C@@H](CC(=O)OC(C)(C)C)CC4=O)cc3)n2n1. The smallest absolute Gasteiger partial charge is 0.306 e. The Hall–Kier alpha value is -4.27. The summed E-state index contributed by atoms with van der Waals surface area (Å²) in [5.74, 6) is 0.514. The van der Waals surface area contributed by atoms with Crippen LogP contribution in [0.25, 0.3) is 16.9 Å². The van der Waals surface area contributed by atoms with Gasteiger partial charge in [-0.2, -0.15) is 0 Å². The molecule has 196 valence electrons. The molecule has 1 aromatic carbocycles. The number of hydrogen-bond acceptors (Lipinski definition) is 7. The molecule has 5 rings (SSSR count). The molecule has 0 radical (unpaired) electrons. The monoisotopic (exact) mass is 512 g/mol. The molecule has 1 fully saturated rings. The van der Waals surface area contributed by atoms with Crippen LogP contribution in [-0.4, -0.2) is 50.7 Å². The highest BCUT2D eigenvalue weighted by Gasteiger charge is 2.33. The number of anilines is 2. The van der Waals surface area contributed by atoms with Gasteiger partial charge in [0, 0.05) is 50.2 Å². The number of carbonyl (C=O) groups is 2. The summed E-state index contributed by atoms with van der Waals surface area (Å²) in [7, 11) is 2.00. The molecule has 4 heterocycles. The van der Waals surface area contributed by atoms with Crippen LogP contribution in [0.4, 0.5) is 11.5 Å². The standard InChI is InChI=1S/C29H32N6O3/c1-29(2,3)38-28(37)15-21-14-27(36)34(19-21)23-9-7-22(8-10-23)24-17-31-25-11-12-26(32-35(24)25)33(4)18-20-6-5-13-30-16-20/h5-13,16-17,21H,14-15,18-19H2,1-4H3/t21-/m1/s1. The van der Waals surface area contributed by atoms with Crippen molar-refractivity contribution in [2.45, 2.75) is 45.8 Å². The van der Waals surface area contributed by atoms with Crippen LogP contribution in [-0.2, 0) is 20.9 Å². The lowest BCUT2D eigenvalue weighted by Gasteiger charge is -2.21. The van der Waals surface area contributed by atoms with Crippen molar-refractivity contribution < 1.29 is 14.3 Å². The van der Waals surface area contributed by atoms with Crippen molar-refractivity contribution in [3.05, 3.63) is 72.7 Å². The first-order valence-electron chi connectivity index (χ1n) is 12.7. The molecule has 1 saturated heterocycles. The number of ether oxygens (including phenoxy) is 1. The summed E-state index contributed by atoms with van der Waals surface area (Å²) in [6, 6.07) is 15.7. The van der Waals surface area contributed by atoms with Gasteiger partial charge in [-0.1, -0.05) is 18.2 Å². The minimum Gasteiger partial charge on any atom is -0.460 e. The normalized spacial score (nSPS) is 15.7. The van der Waals surface area contributed by atoms with E-state index in [9.17, 15) is 9.59 Å². The Labute approximate surface area is 222 Å². The fraction of sp³-hybridized carbons (Fsp3) is 0.345. The Morgan fingerprint density at radius 1 is 1.11 bits per heavy atom. The maximum absolute atomic E-state index is 12.7. The number of esters is 1. The number of aromatic nitrogens is 4. The van der Waals surface area contributed by atoms with E-state index >= 15 is 0 Å². The highest BCUT2D eigenvalue weighted by atomic mass is 16.6. The molecule has 4 aromatic rings. The van der Waals surface area contributed by atoms with Crippen molar-refractivity contribution in [3.8, 4) is 11.3 Å². The van der Waals surface area contributed by atoms with Gasteiger partial charge >= 0.3 is 5.97 Å². The molecule has 0 unspecified atom stereocenters. The van der Waals surface area contributed by atoms with E-state index in [2.05, 4.69) is 14.9 Å². The van der Waals surface area contributed by atoms with Crippen LogP contribution in [0.15, 0.2) is 67.1 Å². The van der Waals surface area contributed by atoms with Crippen molar-refractivity contribution in [2.75, 3.05) is 23.4 Å². The van der Waals surface area contributed by atoms with Gasteiger partial charge in [-0.3, -0.25) is 14.6 Å². The van der Waals surface area contributed by atoms with E-state index in [0.29, 0.717) is 19.5 Å². The molecule has 0 aliphatic carbocycles. The number of hydrogen-bond donors (Lipinski definition) is 0. The lowest BCUT2D eigenvalue weighted by atomic mass is 10.0. The minimum atomic E-state index is -0.530. The summed E-state index contributed by atoms with van der Waals surface area (Å²) in [6.07, 6.45) is 6.00. The molecule has 0 N–H and O–H groups in total. The Morgan fingerprint density at radius 3 is 2.61 bits per heavy atom. The number of rotatable bonds is 7. The Morgan fingerprint density at radius 2 is 1.89 bits per heavy atom. The Bertz CT molecular complexity index is 1440. The summed E-state index contributed by atoms with van der Waals surface area (Å²) in [5, 5.41) is 4.83. The van der Waals surface area contributed by atoms with Gasteiger partial charge in [0.05, 0.1) is 18.3 Å². The molecule has 0 saturated carbocycles. The van der Waals surface area contributed by atoms with Gasteiger partial charge in [-0.05, 0) is 62.6 Å². The lowest BCUT2D eigenvalue weighted by molar-refractivity contribution is -0.155. The predicted octanol–water partition coefficient (Wildman–Crippen LogP) is 4.51. The molecule has 9 nitrogen and oxygen atoms in total. The summed E-state index contributed by atoms with van der Waals surface area (Å²) < 4.78 is 7.27. The third-order valence-electron chi connectivity index (χ3n) is 6.44. The van der Waals surface area contributed by atoms with Gasteiger partial charge in [0.25, 0.3) is 0 Å². The number of nitrogens with zero attached hydrogens (tertiary/aromatic N) is 6. The van der Waals surface area contributed by atoms with Gasteiger partial charge in [-0.25, -0.2) is 9.50 Å².